The number of fused-ring (bicyclic) bond motifs is 1. The second-order valence-corrected chi connectivity index (χ2v) is 5.23. The standard InChI is InChI=1S/C15H13N3OS/c1-19-10-6-7-14(12(16)8-10)20-15-11-4-2-3-5-13(11)17-9-18-15/h2-9H,16H2,1H3. The molecule has 0 fully saturated rings. The maximum atomic E-state index is 6.04. The van der Waals surface area contributed by atoms with Crippen molar-refractivity contribution >= 4 is 28.4 Å². The molecule has 2 aromatic carbocycles. The van der Waals surface area contributed by atoms with Crippen LogP contribution in [0.15, 0.2) is 58.7 Å². The van der Waals surface area contributed by atoms with E-state index >= 15 is 0 Å². The summed E-state index contributed by atoms with van der Waals surface area (Å²) in [7, 11) is 1.62. The van der Waals surface area contributed by atoms with Gasteiger partial charge in [-0.25, -0.2) is 9.97 Å². The lowest BCUT2D eigenvalue weighted by Gasteiger charge is -2.08. The topological polar surface area (TPSA) is 61.0 Å². The van der Waals surface area contributed by atoms with Gasteiger partial charge in [-0.15, -0.1) is 0 Å². The molecule has 0 atom stereocenters. The van der Waals surface area contributed by atoms with Crippen molar-refractivity contribution in [1.82, 2.24) is 9.97 Å². The number of hydrogen-bond acceptors (Lipinski definition) is 5. The van der Waals surface area contributed by atoms with Crippen molar-refractivity contribution in [3.05, 3.63) is 48.8 Å². The fourth-order valence-electron chi connectivity index (χ4n) is 1.91. The van der Waals surface area contributed by atoms with Crippen molar-refractivity contribution in [2.24, 2.45) is 0 Å². The Balaban J connectivity index is 2.01. The van der Waals surface area contributed by atoms with Crippen LogP contribution in [-0.2, 0) is 0 Å². The maximum absolute atomic E-state index is 6.04. The Morgan fingerprint density at radius 3 is 2.75 bits per heavy atom. The number of nitrogens with two attached hydrogens (primary N) is 1. The molecule has 4 nitrogen and oxygen atoms in total. The number of hydrogen-bond donors (Lipinski definition) is 1. The van der Waals surface area contributed by atoms with Gasteiger partial charge in [0.15, 0.2) is 0 Å². The summed E-state index contributed by atoms with van der Waals surface area (Å²) >= 11 is 1.53. The zero-order valence-electron chi connectivity index (χ0n) is 10.9. The van der Waals surface area contributed by atoms with Crippen LogP contribution in [0.25, 0.3) is 10.9 Å². The summed E-state index contributed by atoms with van der Waals surface area (Å²) in [6.07, 6.45) is 1.57. The molecule has 0 aliphatic carbocycles. The molecule has 1 heterocycles. The van der Waals surface area contributed by atoms with Crippen molar-refractivity contribution in [1.29, 1.82) is 0 Å². The second kappa shape index (κ2) is 5.38. The molecular formula is C15H13N3OS. The lowest BCUT2D eigenvalue weighted by Crippen LogP contribution is -1.92. The molecule has 2 N–H and O–H groups in total. The third kappa shape index (κ3) is 2.40. The molecule has 100 valence electrons. The first-order chi connectivity index (χ1) is 9.78. The minimum Gasteiger partial charge on any atom is -0.497 e. The molecule has 3 aromatic rings. The van der Waals surface area contributed by atoms with Gasteiger partial charge in [0, 0.05) is 22.0 Å². The smallest absolute Gasteiger partial charge is 0.120 e. The Labute approximate surface area is 121 Å². The second-order valence-electron chi connectivity index (χ2n) is 4.20. The van der Waals surface area contributed by atoms with Gasteiger partial charge in [0.2, 0.25) is 0 Å². The third-order valence-electron chi connectivity index (χ3n) is 2.93. The van der Waals surface area contributed by atoms with Crippen LogP contribution in [0.5, 0.6) is 5.75 Å². The van der Waals surface area contributed by atoms with Crippen LogP contribution in [0.1, 0.15) is 0 Å². The van der Waals surface area contributed by atoms with Gasteiger partial charge >= 0.3 is 0 Å². The predicted octanol–water partition coefficient (Wildman–Crippen LogP) is 3.37. The van der Waals surface area contributed by atoms with Crippen molar-refractivity contribution < 1.29 is 4.74 Å². The normalized spacial score (nSPS) is 10.7. The van der Waals surface area contributed by atoms with E-state index in [0.717, 1.165) is 26.6 Å². The van der Waals surface area contributed by atoms with E-state index in [4.69, 9.17) is 10.5 Å². The Hall–Kier alpha value is -2.27. The van der Waals surface area contributed by atoms with Crippen LogP contribution in [0.2, 0.25) is 0 Å². The Bertz CT molecular complexity index is 756. The van der Waals surface area contributed by atoms with Gasteiger partial charge in [-0.1, -0.05) is 30.0 Å². The van der Waals surface area contributed by atoms with Gasteiger partial charge in [0.25, 0.3) is 0 Å². The SMILES string of the molecule is COc1ccc(Sc2ncnc3ccccc23)c(N)c1. The first-order valence-corrected chi connectivity index (χ1v) is 6.90. The monoisotopic (exact) mass is 283 g/mol. The zero-order valence-corrected chi connectivity index (χ0v) is 11.7. The average molecular weight is 283 g/mol. The maximum Gasteiger partial charge on any atom is 0.120 e. The van der Waals surface area contributed by atoms with E-state index in [1.807, 2.05) is 42.5 Å². The van der Waals surface area contributed by atoms with Crippen molar-refractivity contribution in [2.45, 2.75) is 9.92 Å². The minimum absolute atomic E-state index is 0.678. The molecule has 0 radical (unpaired) electrons. The highest BCUT2D eigenvalue weighted by atomic mass is 32.2. The number of rotatable bonds is 3. The van der Waals surface area contributed by atoms with Gasteiger partial charge < -0.3 is 10.5 Å². The van der Waals surface area contributed by atoms with Gasteiger partial charge in [-0.2, -0.15) is 0 Å². The first kappa shape index (κ1) is 12.7. The Morgan fingerprint density at radius 2 is 1.95 bits per heavy atom. The molecule has 0 aliphatic rings. The van der Waals surface area contributed by atoms with Crippen LogP contribution in [-0.4, -0.2) is 17.1 Å². The van der Waals surface area contributed by atoms with Gasteiger partial charge in [0.05, 0.1) is 12.6 Å². The van der Waals surface area contributed by atoms with Crippen LogP contribution in [0, 0.1) is 0 Å². The lowest BCUT2D eigenvalue weighted by atomic mass is 10.2. The fraction of sp³-hybridized carbons (Fsp3) is 0.0667. The number of benzene rings is 2. The Morgan fingerprint density at radius 1 is 1.10 bits per heavy atom. The summed E-state index contributed by atoms with van der Waals surface area (Å²) < 4.78 is 5.16. The molecule has 5 heteroatoms. The van der Waals surface area contributed by atoms with E-state index in [1.54, 1.807) is 13.4 Å². The molecule has 0 unspecified atom stereocenters. The molecule has 0 saturated carbocycles. The number of nitrogen functional groups attached to an aromatic ring is 1. The molecule has 0 spiro atoms. The lowest BCUT2D eigenvalue weighted by molar-refractivity contribution is 0.415. The number of ether oxygens (including phenoxy) is 1. The largest absolute Gasteiger partial charge is 0.497 e. The third-order valence-corrected chi connectivity index (χ3v) is 4.04. The van der Waals surface area contributed by atoms with Gasteiger partial charge in [0.1, 0.15) is 17.1 Å². The van der Waals surface area contributed by atoms with Crippen LogP contribution in [0.3, 0.4) is 0 Å². The average Bonchev–Trinajstić information content (AvgIpc) is 2.49. The summed E-state index contributed by atoms with van der Waals surface area (Å²) in [4.78, 5) is 9.56. The number of para-hydroxylation sites is 1. The summed E-state index contributed by atoms with van der Waals surface area (Å²) in [5.74, 6) is 0.749. The number of nitrogens with zero attached hydrogens (tertiary/aromatic N) is 2. The van der Waals surface area contributed by atoms with E-state index in [-0.39, 0.29) is 0 Å². The summed E-state index contributed by atoms with van der Waals surface area (Å²) in [6.45, 7) is 0. The Kier molecular flexibility index (Phi) is 3.43. The first-order valence-electron chi connectivity index (χ1n) is 6.09. The highest BCUT2D eigenvalue weighted by Crippen LogP contribution is 2.35. The molecule has 0 aliphatic heterocycles. The van der Waals surface area contributed by atoms with Gasteiger partial charge in [-0.05, 0) is 18.2 Å². The van der Waals surface area contributed by atoms with E-state index in [9.17, 15) is 0 Å². The van der Waals surface area contributed by atoms with Gasteiger partial charge in [-0.3, -0.25) is 0 Å². The van der Waals surface area contributed by atoms with E-state index in [0.29, 0.717) is 5.69 Å². The van der Waals surface area contributed by atoms with Crippen molar-refractivity contribution in [3.63, 3.8) is 0 Å². The summed E-state index contributed by atoms with van der Waals surface area (Å²) in [5, 5.41) is 1.92. The van der Waals surface area contributed by atoms with Crippen LogP contribution >= 0.6 is 11.8 Å². The highest BCUT2D eigenvalue weighted by molar-refractivity contribution is 7.99. The molecule has 0 amide bonds. The summed E-state index contributed by atoms with van der Waals surface area (Å²) in [6, 6.07) is 13.6. The fourth-order valence-corrected chi connectivity index (χ4v) is 2.82. The number of methoxy groups -OCH3 is 1. The molecule has 3 rings (SSSR count). The summed E-state index contributed by atoms with van der Waals surface area (Å²) in [5.41, 5.74) is 7.65. The zero-order chi connectivity index (χ0) is 13.9. The molecule has 20 heavy (non-hydrogen) atoms. The van der Waals surface area contributed by atoms with Crippen LogP contribution < -0.4 is 10.5 Å². The quantitative estimate of drug-likeness (QED) is 0.590. The van der Waals surface area contributed by atoms with E-state index < -0.39 is 0 Å². The van der Waals surface area contributed by atoms with Crippen LogP contribution in [0.4, 0.5) is 5.69 Å². The van der Waals surface area contributed by atoms with E-state index in [1.165, 1.54) is 11.8 Å². The molecule has 0 saturated heterocycles. The number of anilines is 1. The minimum atomic E-state index is 0.678. The van der Waals surface area contributed by atoms with E-state index in [2.05, 4.69) is 9.97 Å². The predicted molar refractivity (Wildman–Crippen MR) is 81.1 cm³/mol. The molecule has 1 aromatic heterocycles. The van der Waals surface area contributed by atoms with Crippen molar-refractivity contribution in [3.8, 4) is 5.75 Å². The molecular weight excluding hydrogens is 270 g/mol. The highest BCUT2D eigenvalue weighted by Gasteiger charge is 2.08. The number of aromatic nitrogens is 2. The van der Waals surface area contributed by atoms with Crippen molar-refractivity contribution in [2.75, 3.05) is 12.8 Å². The molecule has 0 bridgehead atoms.